The lowest BCUT2D eigenvalue weighted by molar-refractivity contribution is 0.584. The third-order valence-corrected chi connectivity index (χ3v) is 3.51. The second kappa shape index (κ2) is 5.07. The largest absolute Gasteiger partial charge is 0.228 e. The van der Waals surface area contributed by atoms with Crippen LogP contribution in [0, 0.1) is 11.6 Å². The highest BCUT2D eigenvalue weighted by Gasteiger charge is 2.10. The van der Waals surface area contributed by atoms with Gasteiger partial charge in [-0.15, -0.1) is 0 Å². The highest BCUT2D eigenvalue weighted by molar-refractivity contribution is 9.10. The maximum atomic E-state index is 13.3. The summed E-state index contributed by atoms with van der Waals surface area (Å²) in [5.41, 5.74) is 0.838. The molecule has 6 heteroatoms. The predicted octanol–water partition coefficient (Wildman–Crippen LogP) is 4.99. The van der Waals surface area contributed by atoms with E-state index in [-0.39, 0.29) is 16.5 Å². The average molecular weight is 356 g/mol. The van der Waals surface area contributed by atoms with E-state index in [4.69, 9.17) is 11.6 Å². The van der Waals surface area contributed by atoms with Crippen LogP contribution < -0.4 is 0 Å². The summed E-state index contributed by atoms with van der Waals surface area (Å²) in [4.78, 5) is 8.38. The molecule has 2 aromatic carbocycles. The van der Waals surface area contributed by atoms with Gasteiger partial charge in [0.1, 0.15) is 16.8 Å². The lowest BCUT2D eigenvalue weighted by Crippen LogP contribution is -1.93. The van der Waals surface area contributed by atoms with Crippen LogP contribution in [0.3, 0.4) is 0 Å². The molecule has 0 radical (unpaired) electrons. The summed E-state index contributed by atoms with van der Waals surface area (Å²) in [6.07, 6.45) is 0. The van der Waals surface area contributed by atoms with Gasteiger partial charge in [-0.3, -0.25) is 0 Å². The molecule has 3 rings (SSSR count). The molecule has 0 aliphatic rings. The summed E-state index contributed by atoms with van der Waals surface area (Å²) < 4.78 is 27.3. The molecule has 3 aromatic rings. The Bertz CT molecular complexity index is 803. The second-order valence-corrected chi connectivity index (χ2v) is 5.43. The van der Waals surface area contributed by atoms with Crippen molar-refractivity contribution >= 4 is 38.4 Å². The van der Waals surface area contributed by atoms with Crippen LogP contribution in [0.1, 0.15) is 0 Å². The Morgan fingerprint density at radius 2 is 1.65 bits per heavy atom. The molecular weight excluding hydrogens is 350 g/mol. The fourth-order valence-electron chi connectivity index (χ4n) is 1.88. The van der Waals surface area contributed by atoms with Gasteiger partial charge in [-0.1, -0.05) is 27.5 Å². The minimum Gasteiger partial charge on any atom is -0.228 e. The number of benzene rings is 2. The molecule has 0 bridgehead atoms. The molecule has 0 amide bonds. The maximum Gasteiger partial charge on any atom is 0.161 e. The van der Waals surface area contributed by atoms with Gasteiger partial charge in [-0.25, -0.2) is 18.7 Å². The first kappa shape index (κ1) is 13.4. The van der Waals surface area contributed by atoms with Gasteiger partial charge in [0.15, 0.2) is 5.82 Å². The van der Waals surface area contributed by atoms with Crippen LogP contribution in [0.4, 0.5) is 8.78 Å². The number of hydrogen-bond donors (Lipinski definition) is 0. The first-order valence-corrected chi connectivity index (χ1v) is 6.79. The molecule has 2 nitrogen and oxygen atoms in total. The third kappa shape index (κ3) is 2.51. The molecular formula is C14H6BrClF2N2. The zero-order valence-corrected chi connectivity index (χ0v) is 12.2. The van der Waals surface area contributed by atoms with Gasteiger partial charge in [0.2, 0.25) is 0 Å². The lowest BCUT2D eigenvalue weighted by atomic mass is 10.2. The van der Waals surface area contributed by atoms with Gasteiger partial charge < -0.3 is 0 Å². The summed E-state index contributed by atoms with van der Waals surface area (Å²) >= 11 is 9.43. The van der Waals surface area contributed by atoms with Gasteiger partial charge in [-0.2, -0.15) is 0 Å². The summed E-state index contributed by atoms with van der Waals surface area (Å²) in [6.45, 7) is 0. The zero-order valence-electron chi connectivity index (χ0n) is 9.87. The second-order valence-electron chi connectivity index (χ2n) is 4.16. The quantitative estimate of drug-likeness (QED) is 0.575. The average Bonchev–Trinajstić information content (AvgIpc) is 2.36. The Hall–Kier alpha value is -1.59. The van der Waals surface area contributed by atoms with Crippen LogP contribution in [0.15, 0.2) is 40.9 Å². The topological polar surface area (TPSA) is 25.8 Å². The van der Waals surface area contributed by atoms with Crippen LogP contribution in [0.2, 0.25) is 5.15 Å². The Morgan fingerprint density at radius 1 is 0.950 bits per heavy atom. The summed E-state index contributed by atoms with van der Waals surface area (Å²) in [5, 5.41) is 0.915. The molecule has 100 valence electrons. The van der Waals surface area contributed by atoms with Crippen LogP contribution in [-0.2, 0) is 0 Å². The van der Waals surface area contributed by atoms with E-state index < -0.39 is 11.6 Å². The zero-order chi connectivity index (χ0) is 14.3. The van der Waals surface area contributed by atoms with Crippen molar-refractivity contribution in [3.63, 3.8) is 0 Å². The summed E-state index contributed by atoms with van der Waals surface area (Å²) in [6, 6.07) is 8.48. The predicted molar refractivity (Wildman–Crippen MR) is 77.6 cm³/mol. The van der Waals surface area contributed by atoms with Crippen molar-refractivity contribution in [1.82, 2.24) is 9.97 Å². The van der Waals surface area contributed by atoms with Crippen LogP contribution in [-0.4, -0.2) is 9.97 Å². The first-order chi connectivity index (χ1) is 9.52. The van der Waals surface area contributed by atoms with E-state index in [0.29, 0.717) is 10.9 Å². The van der Waals surface area contributed by atoms with Crippen molar-refractivity contribution < 1.29 is 8.78 Å². The first-order valence-electron chi connectivity index (χ1n) is 5.62. The van der Waals surface area contributed by atoms with E-state index in [2.05, 4.69) is 25.9 Å². The van der Waals surface area contributed by atoms with E-state index in [9.17, 15) is 8.78 Å². The van der Waals surface area contributed by atoms with Crippen molar-refractivity contribution in [2.75, 3.05) is 0 Å². The van der Waals surface area contributed by atoms with Gasteiger partial charge in [0.05, 0.1) is 5.52 Å². The summed E-state index contributed by atoms with van der Waals surface area (Å²) in [7, 11) is 0. The van der Waals surface area contributed by atoms with Gasteiger partial charge >= 0.3 is 0 Å². The number of hydrogen-bond acceptors (Lipinski definition) is 2. The van der Waals surface area contributed by atoms with E-state index in [1.807, 2.05) is 6.07 Å². The van der Waals surface area contributed by atoms with Gasteiger partial charge in [-0.05, 0) is 30.3 Å². The molecule has 0 saturated heterocycles. The van der Waals surface area contributed by atoms with E-state index in [1.165, 1.54) is 12.1 Å². The SMILES string of the molecule is Fc1cc(F)cc(-c2nc(Cl)c3ccc(Br)cc3n2)c1. The normalized spacial score (nSPS) is 11.0. The Labute approximate surface area is 126 Å². The minimum absolute atomic E-state index is 0.180. The Morgan fingerprint density at radius 3 is 2.35 bits per heavy atom. The van der Waals surface area contributed by atoms with Crippen molar-refractivity contribution in [2.45, 2.75) is 0 Å². The molecule has 0 fully saturated rings. The highest BCUT2D eigenvalue weighted by Crippen LogP contribution is 2.27. The van der Waals surface area contributed by atoms with Crippen molar-refractivity contribution in [3.05, 3.63) is 57.7 Å². The number of halogens is 4. The Balaban J connectivity index is 2.26. The van der Waals surface area contributed by atoms with Gasteiger partial charge in [0.25, 0.3) is 0 Å². The Kier molecular flexibility index (Phi) is 3.40. The molecule has 0 saturated carbocycles. The molecule has 0 aliphatic heterocycles. The van der Waals surface area contributed by atoms with E-state index >= 15 is 0 Å². The van der Waals surface area contributed by atoms with E-state index in [0.717, 1.165) is 10.5 Å². The number of aromatic nitrogens is 2. The molecule has 0 spiro atoms. The molecule has 1 heterocycles. The molecule has 0 atom stereocenters. The minimum atomic E-state index is -0.686. The smallest absolute Gasteiger partial charge is 0.161 e. The molecule has 0 N–H and O–H groups in total. The molecule has 1 aromatic heterocycles. The molecule has 0 aliphatic carbocycles. The van der Waals surface area contributed by atoms with Crippen LogP contribution >= 0.6 is 27.5 Å². The lowest BCUT2D eigenvalue weighted by Gasteiger charge is -2.05. The van der Waals surface area contributed by atoms with Crippen LogP contribution in [0.25, 0.3) is 22.3 Å². The third-order valence-electron chi connectivity index (χ3n) is 2.73. The number of nitrogens with zero attached hydrogens (tertiary/aromatic N) is 2. The number of fused-ring (bicyclic) bond motifs is 1. The van der Waals surface area contributed by atoms with Gasteiger partial charge in [0, 0.05) is 21.5 Å². The van der Waals surface area contributed by atoms with E-state index in [1.54, 1.807) is 12.1 Å². The molecule has 0 unspecified atom stereocenters. The standard InChI is InChI=1S/C14H6BrClF2N2/c15-8-1-2-11-12(5-8)19-14(20-13(11)16)7-3-9(17)6-10(18)4-7/h1-6H. The van der Waals surface area contributed by atoms with Crippen molar-refractivity contribution in [3.8, 4) is 11.4 Å². The fourth-order valence-corrected chi connectivity index (χ4v) is 2.46. The number of rotatable bonds is 1. The monoisotopic (exact) mass is 354 g/mol. The maximum absolute atomic E-state index is 13.3. The fraction of sp³-hybridized carbons (Fsp3) is 0. The molecule has 20 heavy (non-hydrogen) atoms. The van der Waals surface area contributed by atoms with Crippen LogP contribution in [0.5, 0.6) is 0 Å². The highest BCUT2D eigenvalue weighted by atomic mass is 79.9. The summed E-state index contributed by atoms with van der Waals surface area (Å²) in [5.74, 6) is -1.19. The van der Waals surface area contributed by atoms with Crippen molar-refractivity contribution in [1.29, 1.82) is 0 Å². The van der Waals surface area contributed by atoms with Crippen molar-refractivity contribution in [2.24, 2.45) is 0 Å².